The second kappa shape index (κ2) is 8.57. The van der Waals surface area contributed by atoms with Gasteiger partial charge in [-0.25, -0.2) is 4.98 Å². The van der Waals surface area contributed by atoms with Gasteiger partial charge in [-0.2, -0.15) is 0 Å². The lowest BCUT2D eigenvalue weighted by atomic mass is 10.1. The van der Waals surface area contributed by atoms with E-state index in [4.69, 9.17) is 11.6 Å². The van der Waals surface area contributed by atoms with Crippen LogP contribution in [0.1, 0.15) is 59.1 Å². The first kappa shape index (κ1) is 19.4. The summed E-state index contributed by atoms with van der Waals surface area (Å²) in [7, 11) is 0. The first-order valence-corrected chi connectivity index (χ1v) is 9.73. The normalized spacial score (nSPS) is 13.3. The summed E-state index contributed by atoms with van der Waals surface area (Å²) in [5, 5.41) is 6.45. The molecule has 1 aliphatic heterocycles. The van der Waals surface area contributed by atoms with E-state index >= 15 is 0 Å². The zero-order chi connectivity index (χ0) is 19.4. The minimum absolute atomic E-state index is 0.203. The highest BCUT2D eigenvalue weighted by molar-refractivity contribution is 6.30. The number of carbonyl (C=O) groups is 2. The molecular weight excluding hydrogens is 364 g/mol. The summed E-state index contributed by atoms with van der Waals surface area (Å²) >= 11 is 5.89. The zero-order valence-electron chi connectivity index (χ0n) is 15.7. The quantitative estimate of drug-likeness (QED) is 0.797. The number of imidazole rings is 1. The van der Waals surface area contributed by atoms with Crippen molar-refractivity contribution in [2.75, 3.05) is 6.54 Å². The Kier molecular flexibility index (Phi) is 6.16. The van der Waals surface area contributed by atoms with Gasteiger partial charge < -0.3 is 15.2 Å². The number of halogens is 1. The van der Waals surface area contributed by atoms with Gasteiger partial charge in [-0.05, 0) is 42.9 Å². The van der Waals surface area contributed by atoms with Gasteiger partial charge in [-0.15, -0.1) is 0 Å². The number of nitrogens with zero attached hydrogens (tertiary/aromatic N) is 2. The summed E-state index contributed by atoms with van der Waals surface area (Å²) in [5.74, 6) is 0.199. The van der Waals surface area contributed by atoms with Crippen molar-refractivity contribution in [1.29, 1.82) is 0 Å². The molecule has 0 atom stereocenters. The number of benzene rings is 1. The molecule has 0 spiro atoms. The Labute approximate surface area is 164 Å². The molecule has 1 aromatic heterocycles. The summed E-state index contributed by atoms with van der Waals surface area (Å²) in [6, 6.07) is 7.32. The van der Waals surface area contributed by atoms with Gasteiger partial charge in [0.2, 0.25) is 0 Å². The molecule has 0 radical (unpaired) electrons. The van der Waals surface area contributed by atoms with Crippen molar-refractivity contribution < 1.29 is 9.59 Å². The van der Waals surface area contributed by atoms with Crippen LogP contribution < -0.4 is 10.6 Å². The SMILES string of the molecule is CC(C)CNC(=O)c1nc(C(=O)NCc2ccc(Cl)cc2)n2c1CCCC2. The van der Waals surface area contributed by atoms with Crippen LogP contribution in [-0.4, -0.2) is 27.9 Å². The molecule has 6 nitrogen and oxygen atoms in total. The van der Waals surface area contributed by atoms with Crippen molar-refractivity contribution in [1.82, 2.24) is 20.2 Å². The molecule has 0 aliphatic carbocycles. The van der Waals surface area contributed by atoms with Crippen LogP contribution in [-0.2, 0) is 19.5 Å². The second-order valence-electron chi connectivity index (χ2n) is 7.25. The van der Waals surface area contributed by atoms with Crippen molar-refractivity contribution in [3.8, 4) is 0 Å². The van der Waals surface area contributed by atoms with E-state index in [0.29, 0.717) is 42.1 Å². The van der Waals surface area contributed by atoms with Gasteiger partial charge in [-0.3, -0.25) is 9.59 Å². The van der Waals surface area contributed by atoms with Gasteiger partial charge in [-0.1, -0.05) is 37.6 Å². The lowest BCUT2D eigenvalue weighted by Crippen LogP contribution is -2.29. The van der Waals surface area contributed by atoms with Crippen molar-refractivity contribution in [3.63, 3.8) is 0 Å². The fourth-order valence-electron chi connectivity index (χ4n) is 3.14. The first-order valence-electron chi connectivity index (χ1n) is 9.36. The molecule has 0 bridgehead atoms. The number of carbonyl (C=O) groups excluding carboxylic acids is 2. The number of aromatic nitrogens is 2. The molecule has 2 amide bonds. The number of fused-ring (bicyclic) bond motifs is 1. The Morgan fingerprint density at radius 3 is 2.59 bits per heavy atom. The first-order chi connectivity index (χ1) is 13.0. The summed E-state index contributed by atoms with van der Waals surface area (Å²) in [6.45, 7) is 5.76. The predicted octanol–water partition coefficient (Wildman–Crippen LogP) is 3.19. The summed E-state index contributed by atoms with van der Waals surface area (Å²) < 4.78 is 1.89. The monoisotopic (exact) mass is 388 g/mol. The van der Waals surface area contributed by atoms with Crippen molar-refractivity contribution in [2.45, 2.75) is 46.2 Å². The number of hydrogen-bond donors (Lipinski definition) is 2. The molecule has 144 valence electrons. The van der Waals surface area contributed by atoms with Gasteiger partial charge in [0.25, 0.3) is 11.8 Å². The van der Waals surface area contributed by atoms with Crippen LogP contribution in [0, 0.1) is 5.92 Å². The fraction of sp³-hybridized carbons (Fsp3) is 0.450. The van der Waals surface area contributed by atoms with Crippen LogP contribution in [0.15, 0.2) is 24.3 Å². The molecule has 0 saturated heterocycles. The molecule has 0 saturated carbocycles. The molecule has 0 unspecified atom stereocenters. The van der Waals surface area contributed by atoms with Crippen molar-refractivity contribution in [2.24, 2.45) is 5.92 Å². The maximum absolute atomic E-state index is 12.7. The number of nitrogens with one attached hydrogen (secondary N) is 2. The third-order valence-electron chi connectivity index (χ3n) is 4.57. The highest BCUT2D eigenvalue weighted by Crippen LogP contribution is 2.21. The van der Waals surface area contributed by atoms with E-state index in [1.54, 1.807) is 12.1 Å². The van der Waals surface area contributed by atoms with Gasteiger partial charge in [0, 0.05) is 24.7 Å². The minimum atomic E-state index is -0.268. The van der Waals surface area contributed by atoms with Gasteiger partial charge in [0.1, 0.15) is 5.69 Å². The van der Waals surface area contributed by atoms with Crippen molar-refractivity contribution >= 4 is 23.4 Å². The van der Waals surface area contributed by atoms with Crippen LogP contribution in [0.3, 0.4) is 0 Å². The van der Waals surface area contributed by atoms with E-state index in [1.165, 1.54) is 0 Å². The smallest absolute Gasteiger partial charge is 0.287 e. The predicted molar refractivity (Wildman–Crippen MR) is 105 cm³/mol. The number of hydrogen-bond acceptors (Lipinski definition) is 3. The topological polar surface area (TPSA) is 76.0 Å². The molecule has 1 aromatic carbocycles. The van der Waals surface area contributed by atoms with E-state index < -0.39 is 0 Å². The van der Waals surface area contributed by atoms with E-state index in [1.807, 2.05) is 30.5 Å². The fourth-order valence-corrected chi connectivity index (χ4v) is 3.27. The molecule has 3 rings (SSSR count). The summed E-state index contributed by atoms with van der Waals surface area (Å²) in [4.78, 5) is 29.7. The van der Waals surface area contributed by atoms with Crippen LogP contribution in [0.2, 0.25) is 5.02 Å². The number of rotatable bonds is 6. The molecule has 2 N–H and O–H groups in total. The Hall–Kier alpha value is -2.34. The van der Waals surface area contributed by atoms with Crippen molar-refractivity contribution in [3.05, 3.63) is 52.1 Å². The third kappa shape index (κ3) is 4.69. The Morgan fingerprint density at radius 1 is 1.15 bits per heavy atom. The van der Waals surface area contributed by atoms with Crippen LogP contribution in [0.4, 0.5) is 0 Å². The molecule has 0 fully saturated rings. The lowest BCUT2D eigenvalue weighted by Gasteiger charge is -2.17. The highest BCUT2D eigenvalue weighted by Gasteiger charge is 2.27. The zero-order valence-corrected chi connectivity index (χ0v) is 16.5. The van der Waals surface area contributed by atoms with E-state index in [-0.39, 0.29) is 11.8 Å². The molecule has 1 aliphatic rings. The summed E-state index contributed by atoms with van der Waals surface area (Å²) in [6.07, 6.45) is 2.75. The van der Waals surface area contributed by atoms with E-state index in [9.17, 15) is 9.59 Å². The Balaban J connectivity index is 1.76. The highest BCUT2D eigenvalue weighted by atomic mass is 35.5. The van der Waals surface area contributed by atoms with E-state index in [2.05, 4.69) is 15.6 Å². The third-order valence-corrected chi connectivity index (χ3v) is 4.83. The molecule has 2 aromatic rings. The summed E-state index contributed by atoms with van der Waals surface area (Å²) in [5.41, 5.74) is 2.19. The standard InChI is InChI=1S/C20H25ClN4O2/c1-13(2)11-22-19(26)17-16-5-3-4-10-25(16)18(24-17)20(27)23-12-14-6-8-15(21)9-7-14/h6-9,13H,3-5,10-12H2,1-2H3,(H,22,26)(H,23,27). The van der Waals surface area contributed by atoms with Crippen LogP contribution in [0.25, 0.3) is 0 Å². The van der Waals surface area contributed by atoms with Gasteiger partial charge in [0.05, 0.1) is 5.69 Å². The number of amides is 2. The molecular formula is C20H25ClN4O2. The van der Waals surface area contributed by atoms with Gasteiger partial charge >= 0.3 is 0 Å². The molecule has 2 heterocycles. The Morgan fingerprint density at radius 2 is 1.89 bits per heavy atom. The lowest BCUT2D eigenvalue weighted by molar-refractivity contribution is 0.0935. The largest absolute Gasteiger partial charge is 0.350 e. The average Bonchev–Trinajstić information content (AvgIpc) is 3.05. The molecule has 7 heteroatoms. The van der Waals surface area contributed by atoms with Crippen LogP contribution in [0.5, 0.6) is 0 Å². The second-order valence-corrected chi connectivity index (χ2v) is 7.69. The Bertz CT molecular complexity index is 827. The van der Waals surface area contributed by atoms with Crippen LogP contribution >= 0.6 is 11.6 Å². The molecule has 27 heavy (non-hydrogen) atoms. The maximum Gasteiger partial charge on any atom is 0.287 e. The maximum atomic E-state index is 12.7. The van der Waals surface area contributed by atoms with E-state index in [0.717, 1.165) is 30.5 Å². The van der Waals surface area contributed by atoms with Gasteiger partial charge in [0.15, 0.2) is 5.82 Å². The average molecular weight is 389 g/mol. The minimum Gasteiger partial charge on any atom is -0.350 e.